The monoisotopic (exact) mass is 420 g/mol. The highest BCUT2D eigenvalue weighted by Crippen LogP contribution is 2.19. The molecular formula is C18H16N2O6S2. The Hall–Kier alpha value is -2.95. The Morgan fingerprint density at radius 3 is 2.11 bits per heavy atom. The summed E-state index contributed by atoms with van der Waals surface area (Å²) in [5.41, 5.74) is 0.326. The molecule has 10 heteroatoms. The van der Waals surface area contributed by atoms with Crippen molar-refractivity contribution < 1.29 is 26.0 Å². The fourth-order valence-electron chi connectivity index (χ4n) is 2.40. The van der Waals surface area contributed by atoms with Crippen LogP contribution in [0.2, 0.25) is 0 Å². The van der Waals surface area contributed by atoms with E-state index in [1.165, 1.54) is 48.5 Å². The number of nitrogens with one attached hydrogen (secondary N) is 1. The number of sulfone groups is 1. The van der Waals surface area contributed by atoms with Crippen LogP contribution in [0.4, 0.5) is 5.69 Å². The highest BCUT2D eigenvalue weighted by molar-refractivity contribution is 7.90. The first-order valence-corrected chi connectivity index (χ1v) is 11.2. The number of benzene rings is 2. The third kappa shape index (κ3) is 4.66. The van der Waals surface area contributed by atoms with Gasteiger partial charge in [0.25, 0.3) is 5.91 Å². The van der Waals surface area contributed by atoms with Crippen LogP contribution >= 0.6 is 0 Å². The summed E-state index contributed by atoms with van der Waals surface area (Å²) in [5, 5.41) is 7.54. The molecule has 0 bridgehead atoms. The molecule has 28 heavy (non-hydrogen) atoms. The van der Waals surface area contributed by atoms with Crippen LogP contribution < -0.4 is 10.5 Å². The van der Waals surface area contributed by atoms with Crippen molar-refractivity contribution in [1.29, 1.82) is 0 Å². The van der Waals surface area contributed by atoms with Crippen molar-refractivity contribution in [2.24, 2.45) is 5.14 Å². The van der Waals surface area contributed by atoms with Crippen LogP contribution in [0.25, 0.3) is 0 Å². The Morgan fingerprint density at radius 1 is 0.857 bits per heavy atom. The lowest BCUT2D eigenvalue weighted by Gasteiger charge is -2.05. The van der Waals surface area contributed by atoms with Crippen molar-refractivity contribution in [1.82, 2.24) is 0 Å². The summed E-state index contributed by atoms with van der Waals surface area (Å²) in [7, 11) is -7.42. The van der Waals surface area contributed by atoms with E-state index in [0.717, 1.165) is 0 Å². The molecule has 0 radical (unpaired) electrons. The molecule has 0 spiro atoms. The molecule has 1 amide bonds. The smallest absolute Gasteiger partial charge is 0.291 e. The van der Waals surface area contributed by atoms with Gasteiger partial charge in [0.2, 0.25) is 10.0 Å². The molecule has 3 rings (SSSR count). The Balaban J connectivity index is 1.71. The SMILES string of the molecule is NS(=O)(=O)c1ccc(NC(=O)c2ccc(CS(=O)(=O)c3ccccc3)o2)cc1. The first kappa shape index (κ1) is 19.8. The van der Waals surface area contributed by atoms with Gasteiger partial charge in [0.15, 0.2) is 15.6 Å². The zero-order chi connectivity index (χ0) is 20.4. The van der Waals surface area contributed by atoms with E-state index in [1.54, 1.807) is 18.2 Å². The summed E-state index contributed by atoms with van der Waals surface area (Å²) in [6.07, 6.45) is 0. The minimum absolute atomic E-state index is 0.0752. The second-order valence-electron chi connectivity index (χ2n) is 5.86. The van der Waals surface area contributed by atoms with Crippen LogP contribution in [0, 0.1) is 0 Å². The summed E-state index contributed by atoms with van der Waals surface area (Å²) < 4.78 is 52.5. The molecule has 3 N–H and O–H groups in total. The number of nitrogens with two attached hydrogens (primary N) is 1. The van der Waals surface area contributed by atoms with Crippen LogP contribution in [0.3, 0.4) is 0 Å². The molecule has 3 aromatic rings. The van der Waals surface area contributed by atoms with Gasteiger partial charge in [0.1, 0.15) is 11.5 Å². The molecule has 0 aliphatic carbocycles. The fraction of sp³-hybridized carbons (Fsp3) is 0.0556. The Kier molecular flexibility index (Phi) is 5.36. The van der Waals surface area contributed by atoms with Crippen molar-refractivity contribution in [3.8, 4) is 0 Å². The third-order valence-corrected chi connectivity index (χ3v) is 6.34. The van der Waals surface area contributed by atoms with E-state index in [1.807, 2.05) is 0 Å². The quantitative estimate of drug-likeness (QED) is 0.627. The lowest BCUT2D eigenvalue weighted by molar-refractivity contribution is 0.0995. The largest absolute Gasteiger partial charge is 0.455 e. The van der Waals surface area contributed by atoms with Crippen LogP contribution in [-0.4, -0.2) is 22.7 Å². The van der Waals surface area contributed by atoms with Gasteiger partial charge in [-0.1, -0.05) is 18.2 Å². The van der Waals surface area contributed by atoms with E-state index in [0.29, 0.717) is 5.69 Å². The maximum atomic E-state index is 12.4. The zero-order valence-electron chi connectivity index (χ0n) is 14.4. The first-order valence-electron chi connectivity index (χ1n) is 7.96. The van der Waals surface area contributed by atoms with Crippen LogP contribution in [0.15, 0.2) is 80.9 Å². The Bertz CT molecular complexity index is 1200. The van der Waals surface area contributed by atoms with Crippen LogP contribution in [-0.2, 0) is 25.6 Å². The molecule has 1 heterocycles. The summed E-state index contributed by atoms with van der Waals surface area (Å²) in [6.45, 7) is 0. The number of rotatable bonds is 6. The summed E-state index contributed by atoms with van der Waals surface area (Å²) in [4.78, 5) is 12.3. The number of primary sulfonamides is 1. The summed E-state index contributed by atoms with van der Waals surface area (Å²) in [6, 6.07) is 16.0. The van der Waals surface area contributed by atoms with Gasteiger partial charge in [-0.05, 0) is 48.5 Å². The fourth-order valence-corrected chi connectivity index (χ4v) is 4.18. The lowest BCUT2D eigenvalue weighted by Crippen LogP contribution is -2.13. The molecule has 0 saturated carbocycles. The number of anilines is 1. The molecule has 0 saturated heterocycles. The summed E-state index contributed by atoms with van der Waals surface area (Å²) in [5.74, 6) is -0.938. The predicted octanol–water partition coefficient (Wildman–Crippen LogP) is 2.15. The van der Waals surface area contributed by atoms with Gasteiger partial charge in [0, 0.05) is 5.69 Å². The van der Waals surface area contributed by atoms with Gasteiger partial charge < -0.3 is 9.73 Å². The normalized spacial score (nSPS) is 11.9. The van der Waals surface area contributed by atoms with Crippen LogP contribution in [0.5, 0.6) is 0 Å². The molecule has 146 valence electrons. The number of hydrogen-bond donors (Lipinski definition) is 2. The minimum Gasteiger partial charge on any atom is -0.455 e. The number of amides is 1. The number of carbonyl (C=O) groups is 1. The summed E-state index contributed by atoms with van der Waals surface area (Å²) >= 11 is 0. The van der Waals surface area contributed by atoms with E-state index >= 15 is 0 Å². The second-order valence-corrected chi connectivity index (χ2v) is 9.41. The molecule has 0 fully saturated rings. The lowest BCUT2D eigenvalue weighted by atomic mass is 10.3. The second kappa shape index (κ2) is 7.58. The van der Waals surface area contributed by atoms with Crippen LogP contribution in [0.1, 0.15) is 16.3 Å². The van der Waals surface area contributed by atoms with E-state index in [2.05, 4.69) is 5.32 Å². The predicted molar refractivity (Wildman–Crippen MR) is 102 cm³/mol. The van der Waals surface area contributed by atoms with Gasteiger partial charge >= 0.3 is 0 Å². The number of furan rings is 1. The maximum absolute atomic E-state index is 12.4. The van der Waals surface area contributed by atoms with Crippen molar-refractivity contribution in [2.75, 3.05) is 5.32 Å². The standard InChI is InChI=1S/C18H16N2O6S2/c19-28(24,25)16-9-6-13(7-10-16)20-18(21)17-11-8-14(26-17)12-27(22,23)15-4-2-1-3-5-15/h1-11H,12H2,(H,20,21)(H2,19,24,25). The van der Waals surface area contributed by atoms with Gasteiger partial charge in [-0.3, -0.25) is 4.79 Å². The highest BCUT2D eigenvalue weighted by Gasteiger charge is 2.19. The molecular weight excluding hydrogens is 404 g/mol. The zero-order valence-corrected chi connectivity index (χ0v) is 16.0. The molecule has 0 aliphatic rings. The van der Waals surface area contributed by atoms with Gasteiger partial charge in [-0.25, -0.2) is 22.0 Å². The van der Waals surface area contributed by atoms with Crippen molar-refractivity contribution in [3.05, 3.63) is 78.3 Å². The van der Waals surface area contributed by atoms with Crippen molar-refractivity contribution in [3.63, 3.8) is 0 Å². The number of carbonyl (C=O) groups excluding carboxylic acids is 1. The number of sulfonamides is 1. The van der Waals surface area contributed by atoms with Crippen molar-refractivity contribution in [2.45, 2.75) is 15.5 Å². The molecule has 0 unspecified atom stereocenters. The van der Waals surface area contributed by atoms with Gasteiger partial charge in [-0.2, -0.15) is 0 Å². The molecule has 8 nitrogen and oxygen atoms in total. The molecule has 2 aromatic carbocycles. The van der Waals surface area contributed by atoms with Gasteiger partial charge in [0.05, 0.1) is 9.79 Å². The van der Waals surface area contributed by atoms with Gasteiger partial charge in [-0.15, -0.1) is 0 Å². The van der Waals surface area contributed by atoms with E-state index in [-0.39, 0.29) is 27.1 Å². The Labute approximate surface area is 162 Å². The van der Waals surface area contributed by atoms with E-state index in [4.69, 9.17) is 9.56 Å². The average Bonchev–Trinajstić information content (AvgIpc) is 3.10. The average molecular weight is 420 g/mol. The maximum Gasteiger partial charge on any atom is 0.291 e. The Morgan fingerprint density at radius 2 is 1.50 bits per heavy atom. The first-order chi connectivity index (χ1) is 13.1. The highest BCUT2D eigenvalue weighted by atomic mass is 32.2. The molecule has 0 atom stereocenters. The topological polar surface area (TPSA) is 137 Å². The molecule has 1 aromatic heterocycles. The minimum atomic E-state index is -3.83. The molecule has 0 aliphatic heterocycles. The van der Waals surface area contributed by atoms with E-state index < -0.39 is 25.8 Å². The third-order valence-electron chi connectivity index (χ3n) is 3.76. The number of hydrogen-bond acceptors (Lipinski definition) is 6. The van der Waals surface area contributed by atoms with E-state index in [9.17, 15) is 21.6 Å². The van der Waals surface area contributed by atoms with Crippen molar-refractivity contribution >= 4 is 31.5 Å².